The number of carboxylic acid groups (broad SMARTS) is 1. The van der Waals surface area contributed by atoms with Crippen molar-refractivity contribution in [3.05, 3.63) is 119 Å². The molecule has 2 aromatic heterocycles. The number of aromatic nitrogens is 2. The van der Waals surface area contributed by atoms with Gasteiger partial charge in [-0.1, -0.05) is 72.8 Å². The molecule has 0 saturated heterocycles. The maximum Gasteiger partial charge on any atom is 0.346 e. The van der Waals surface area contributed by atoms with Gasteiger partial charge in [-0.25, -0.2) is 4.79 Å². The lowest BCUT2D eigenvalue weighted by atomic mass is 10.00. The minimum absolute atomic E-state index is 0.300. The van der Waals surface area contributed by atoms with Gasteiger partial charge in [-0.15, -0.1) is 11.3 Å². The number of benzene rings is 4. The third-order valence-electron chi connectivity index (χ3n) is 7.18. The third-order valence-corrected chi connectivity index (χ3v) is 8.77. The molecule has 0 unspecified atom stereocenters. The predicted molar refractivity (Wildman–Crippen MR) is 171 cm³/mol. The van der Waals surface area contributed by atoms with Crippen LogP contribution < -0.4 is 4.90 Å². The summed E-state index contributed by atoms with van der Waals surface area (Å²) >= 11 is 2.58. The van der Waals surface area contributed by atoms with Crippen molar-refractivity contribution in [3.8, 4) is 27.6 Å². The molecule has 6 aromatic rings. The van der Waals surface area contributed by atoms with E-state index in [9.17, 15) is 9.90 Å². The van der Waals surface area contributed by atoms with Crippen molar-refractivity contribution in [1.82, 2.24) is 8.75 Å². The number of aliphatic carboxylic acids is 1. The van der Waals surface area contributed by atoms with Crippen molar-refractivity contribution in [2.24, 2.45) is 0 Å². The Balaban J connectivity index is 1.26. The van der Waals surface area contributed by atoms with E-state index in [1.807, 2.05) is 18.2 Å². The van der Waals surface area contributed by atoms with Crippen LogP contribution in [-0.4, -0.2) is 19.8 Å². The number of para-hydroxylation sites is 2. The smallest absolute Gasteiger partial charge is 0.346 e. The summed E-state index contributed by atoms with van der Waals surface area (Å²) in [6, 6.07) is 34.9. The molecule has 1 N–H and O–H groups in total. The van der Waals surface area contributed by atoms with E-state index >= 15 is 0 Å². The van der Waals surface area contributed by atoms with Crippen LogP contribution in [0.2, 0.25) is 0 Å². The monoisotopic (exact) mass is 580 g/mol. The Morgan fingerprint density at radius 3 is 2.05 bits per heavy atom. The molecule has 0 saturated carbocycles. The summed E-state index contributed by atoms with van der Waals surface area (Å²) in [6.07, 6.45) is 5.72. The van der Waals surface area contributed by atoms with E-state index < -0.39 is 5.97 Å². The van der Waals surface area contributed by atoms with Crippen LogP contribution in [0.4, 0.5) is 17.1 Å². The summed E-state index contributed by atoms with van der Waals surface area (Å²) in [5, 5.41) is 18.3. The zero-order chi connectivity index (χ0) is 28.6. The summed E-state index contributed by atoms with van der Waals surface area (Å²) < 4.78 is 9.25. The largest absolute Gasteiger partial charge is 0.477 e. The van der Waals surface area contributed by atoms with E-state index in [1.165, 1.54) is 29.1 Å². The molecule has 1 aliphatic rings. The van der Waals surface area contributed by atoms with Gasteiger partial charge >= 0.3 is 5.97 Å². The van der Waals surface area contributed by atoms with Crippen LogP contribution in [-0.2, 0) is 4.79 Å². The number of rotatable bonds is 5. The first-order valence-corrected chi connectivity index (χ1v) is 14.6. The zero-order valence-electron chi connectivity index (χ0n) is 21.9. The Morgan fingerprint density at radius 2 is 1.40 bits per heavy atom. The Bertz CT molecular complexity index is 2050. The molecule has 200 valence electrons. The van der Waals surface area contributed by atoms with Crippen LogP contribution in [0.1, 0.15) is 16.0 Å². The van der Waals surface area contributed by atoms with Crippen LogP contribution in [0, 0.1) is 11.3 Å². The van der Waals surface area contributed by atoms with Crippen molar-refractivity contribution in [2.45, 2.75) is 0 Å². The van der Waals surface area contributed by atoms with E-state index in [0.717, 1.165) is 60.8 Å². The SMILES string of the molecule is N#C/C(=C\c1ccc(-c2ccc(-c3ccc(N4c5ccccc5C=Cc5ccccc54)cc3)c3nsnc23)s1)C(=O)O. The molecule has 6 nitrogen and oxygen atoms in total. The second-order valence-corrected chi connectivity index (χ2v) is 11.3. The quantitative estimate of drug-likeness (QED) is 0.161. The standard InChI is InChI=1S/C34H20N4O2S2/c35-20-24(34(39)40)19-26-15-18-31(41-26)28-17-16-27(32-33(28)37-42-36-32)21-11-13-25(14-12-21)38-29-7-3-1-5-22(29)9-10-23-6-2-4-8-30(23)38/h1-19H,(H,39,40)/b24-19+. The van der Waals surface area contributed by atoms with E-state index in [-0.39, 0.29) is 5.57 Å². The second kappa shape index (κ2) is 10.6. The van der Waals surface area contributed by atoms with Gasteiger partial charge < -0.3 is 10.0 Å². The van der Waals surface area contributed by atoms with Crippen molar-refractivity contribution in [3.63, 3.8) is 0 Å². The van der Waals surface area contributed by atoms with Crippen LogP contribution in [0.15, 0.2) is 103 Å². The maximum absolute atomic E-state index is 11.3. The lowest BCUT2D eigenvalue weighted by molar-refractivity contribution is -0.132. The van der Waals surface area contributed by atoms with Gasteiger partial charge in [0, 0.05) is 26.6 Å². The topological polar surface area (TPSA) is 90.1 Å². The van der Waals surface area contributed by atoms with E-state index in [2.05, 4.69) is 105 Å². The van der Waals surface area contributed by atoms with Crippen LogP contribution >= 0.6 is 23.1 Å². The molecule has 7 rings (SSSR count). The first kappa shape index (κ1) is 25.6. The number of fused-ring (bicyclic) bond motifs is 3. The molecule has 42 heavy (non-hydrogen) atoms. The van der Waals surface area contributed by atoms with Gasteiger partial charge in [0.25, 0.3) is 0 Å². The minimum Gasteiger partial charge on any atom is -0.477 e. The normalized spacial score (nSPS) is 12.5. The zero-order valence-corrected chi connectivity index (χ0v) is 23.6. The van der Waals surface area contributed by atoms with Crippen molar-refractivity contribution < 1.29 is 9.90 Å². The fourth-order valence-electron chi connectivity index (χ4n) is 5.20. The molecule has 0 bridgehead atoms. The molecule has 0 amide bonds. The number of nitrogens with zero attached hydrogens (tertiary/aromatic N) is 4. The molecule has 8 heteroatoms. The summed E-state index contributed by atoms with van der Waals surface area (Å²) in [4.78, 5) is 15.2. The second-order valence-electron chi connectivity index (χ2n) is 9.63. The number of thiophene rings is 1. The number of hydrogen-bond acceptors (Lipinski definition) is 7. The van der Waals surface area contributed by atoms with Crippen LogP contribution in [0.3, 0.4) is 0 Å². The highest BCUT2D eigenvalue weighted by atomic mass is 32.1. The summed E-state index contributed by atoms with van der Waals surface area (Å²) in [6.45, 7) is 0. The summed E-state index contributed by atoms with van der Waals surface area (Å²) in [5.74, 6) is -1.24. The molecular weight excluding hydrogens is 561 g/mol. The van der Waals surface area contributed by atoms with Gasteiger partial charge in [0.2, 0.25) is 0 Å². The highest BCUT2D eigenvalue weighted by molar-refractivity contribution is 7.16. The van der Waals surface area contributed by atoms with Crippen molar-refractivity contribution in [2.75, 3.05) is 4.90 Å². The number of carbonyl (C=O) groups is 1. The molecule has 0 radical (unpaired) electrons. The Morgan fingerprint density at radius 1 is 0.786 bits per heavy atom. The van der Waals surface area contributed by atoms with E-state index in [1.54, 1.807) is 6.07 Å². The van der Waals surface area contributed by atoms with Gasteiger partial charge in [0.1, 0.15) is 22.7 Å². The number of nitriles is 1. The Hall–Kier alpha value is -5.36. The third kappa shape index (κ3) is 4.47. The molecule has 0 fully saturated rings. The summed E-state index contributed by atoms with van der Waals surface area (Å²) in [7, 11) is 0. The molecule has 0 spiro atoms. The lowest BCUT2D eigenvalue weighted by Crippen LogP contribution is -2.11. The lowest BCUT2D eigenvalue weighted by Gasteiger charge is -2.27. The van der Waals surface area contributed by atoms with Gasteiger partial charge in [0.15, 0.2) is 0 Å². The van der Waals surface area contributed by atoms with Gasteiger partial charge in [-0.2, -0.15) is 14.0 Å². The van der Waals surface area contributed by atoms with E-state index in [4.69, 9.17) is 5.26 Å². The molecule has 0 atom stereocenters. The first-order chi connectivity index (χ1) is 20.6. The van der Waals surface area contributed by atoms with Crippen molar-refractivity contribution in [1.29, 1.82) is 5.26 Å². The predicted octanol–water partition coefficient (Wildman–Crippen LogP) is 9.03. The van der Waals surface area contributed by atoms with Gasteiger partial charge in [-0.3, -0.25) is 0 Å². The Kier molecular flexibility index (Phi) is 6.44. The van der Waals surface area contributed by atoms with Crippen LogP contribution in [0.5, 0.6) is 0 Å². The average molecular weight is 581 g/mol. The fraction of sp³-hybridized carbons (Fsp3) is 0. The highest BCUT2D eigenvalue weighted by Gasteiger charge is 2.20. The first-order valence-electron chi connectivity index (χ1n) is 13.1. The highest BCUT2D eigenvalue weighted by Crippen LogP contribution is 2.43. The van der Waals surface area contributed by atoms with Gasteiger partial charge in [0.05, 0.1) is 23.1 Å². The van der Waals surface area contributed by atoms with Gasteiger partial charge in [-0.05, 0) is 59.2 Å². The van der Waals surface area contributed by atoms with Crippen LogP contribution in [0.25, 0.3) is 50.8 Å². The summed E-state index contributed by atoms with van der Waals surface area (Å²) in [5.41, 5.74) is 9.86. The number of anilines is 3. The molecule has 3 heterocycles. The fourth-order valence-corrected chi connectivity index (χ4v) is 6.75. The number of carboxylic acids is 1. The molecule has 4 aromatic carbocycles. The number of hydrogen-bond donors (Lipinski definition) is 1. The molecule has 1 aliphatic heterocycles. The minimum atomic E-state index is -1.24. The van der Waals surface area contributed by atoms with E-state index in [0.29, 0.717) is 4.88 Å². The maximum atomic E-state index is 11.3. The average Bonchev–Trinajstić information content (AvgIpc) is 3.67. The molecular formula is C34H20N4O2S2. The molecule has 0 aliphatic carbocycles. The van der Waals surface area contributed by atoms with Crippen molar-refractivity contribution >= 4 is 75.4 Å². The Labute approximate surface area is 249 Å².